The van der Waals surface area contributed by atoms with Crippen LogP contribution < -0.4 is 5.32 Å². The van der Waals surface area contributed by atoms with E-state index >= 15 is 0 Å². The summed E-state index contributed by atoms with van der Waals surface area (Å²) in [6.45, 7) is 2.34. The molecule has 4 heteroatoms. The van der Waals surface area contributed by atoms with Crippen molar-refractivity contribution < 1.29 is 5.11 Å². The lowest BCUT2D eigenvalue weighted by molar-refractivity contribution is 0.191. The molecule has 0 bridgehead atoms. The number of anilines is 1. The summed E-state index contributed by atoms with van der Waals surface area (Å²) in [4.78, 5) is 0. The SMILES string of the molecule is Cc1ccc(Cl)c(NCC(O)c2ccc(C#N)cc2)c1. The molecular formula is C16H15ClN2O. The average Bonchev–Trinajstić information content (AvgIpc) is 2.48. The lowest BCUT2D eigenvalue weighted by atomic mass is 10.1. The van der Waals surface area contributed by atoms with Gasteiger partial charge in [-0.05, 0) is 42.3 Å². The summed E-state index contributed by atoms with van der Waals surface area (Å²) in [5.41, 5.74) is 3.25. The summed E-state index contributed by atoms with van der Waals surface area (Å²) in [7, 11) is 0. The molecule has 1 unspecified atom stereocenters. The molecule has 2 N–H and O–H groups in total. The van der Waals surface area contributed by atoms with Gasteiger partial charge in [-0.15, -0.1) is 0 Å². The van der Waals surface area contributed by atoms with Gasteiger partial charge in [0.1, 0.15) is 0 Å². The van der Waals surface area contributed by atoms with Gasteiger partial charge in [0.05, 0.1) is 28.4 Å². The zero-order chi connectivity index (χ0) is 14.5. The Morgan fingerprint density at radius 3 is 2.60 bits per heavy atom. The van der Waals surface area contributed by atoms with Crippen LogP contribution in [0.1, 0.15) is 22.8 Å². The number of hydrogen-bond donors (Lipinski definition) is 2. The molecule has 2 rings (SSSR count). The molecule has 0 aromatic heterocycles. The predicted octanol–water partition coefficient (Wildman–Crippen LogP) is 3.67. The number of halogens is 1. The van der Waals surface area contributed by atoms with Crippen LogP contribution >= 0.6 is 11.6 Å². The van der Waals surface area contributed by atoms with Crippen molar-refractivity contribution in [3.8, 4) is 6.07 Å². The van der Waals surface area contributed by atoms with E-state index in [1.54, 1.807) is 24.3 Å². The van der Waals surface area contributed by atoms with E-state index in [9.17, 15) is 5.11 Å². The monoisotopic (exact) mass is 286 g/mol. The first kappa shape index (κ1) is 14.4. The molecule has 0 saturated heterocycles. The minimum Gasteiger partial charge on any atom is -0.387 e. The summed E-state index contributed by atoms with van der Waals surface area (Å²) in [6, 6.07) is 14.6. The van der Waals surface area contributed by atoms with Gasteiger partial charge in [0, 0.05) is 6.54 Å². The lowest BCUT2D eigenvalue weighted by Gasteiger charge is -2.14. The molecule has 2 aromatic rings. The summed E-state index contributed by atoms with van der Waals surface area (Å²) in [5, 5.41) is 22.6. The van der Waals surface area contributed by atoms with Crippen LogP contribution in [-0.4, -0.2) is 11.7 Å². The molecule has 0 fully saturated rings. The van der Waals surface area contributed by atoms with E-state index in [0.29, 0.717) is 17.1 Å². The second-order valence-corrected chi connectivity index (χ2v) is 5.02. The number of nitrogens with one attached hydrogen (secondary N) is 1. The first-order valence-corrected chi connectivity index (χ1v) is 6.66. The minimum atomic E-state index is -0.653. The van der Waals surface area contributed by atoms with E-state index in [1.807, 2.05) is 31.2 Å². The van der Waals surface area contributed by atoms with Crippen molar-refractivity contribution in [2.24, 2.45) is 0 Å². The van der Waals surface area contributed by atoms with E-state index in [4.69, 9.17) is 16.9 Å². The molecule has 3 nitrogen and oxygen atoms in total. The minimum absolute atomic E-state index is 0.356. The van der Waals surface area contributed by atoms with Crippen molar-refractivity contribution in [3.05, 3.63) is 64.2 Å². The number of aliphatic hydroxyl groups is 1. The summed E-state index contributed by atoms with van der Waals surface area (Å²) in [6.07, 6.45) is -0.653. The fraction of sp³-hybridized carbons (Fsp3) is 0.188. The number of hydrogen-bond acceptors (Lipinski definition) is 3. The van der Waals surface area contributed by atoms with Gasteiger partial charge in [-0.3, -0.25) is 0 Å². The van der Waals surface area contributed by atoms with Crippen molar-refractivity contribution in [1.29, 1.82) is 5.26 Å². The first-order chi connectivity index (χ1) is 9.60. The molecule has 0 heterocycles. The highest BCUT2D eigenvalue weighted by atomic mass is 35.5. The molecule has 20 heavy (non-hydrogen) atoms. The molecular weight excluding hydrogens is 272 g/mol. The number of aryl methyl sites for hydroxylation is 1. The molecule has 1 atom stereocenters. The molecule has 0 saturated carbocycles. The standard InChI is InChI=1S/C16H15ClN2O/c1-11-2-7-14(17)15(8-11)19-10-16(20)13-5-3-12(9-18)4-6-13/h2-8,16,19-20H,10H2,1H3. The Labute approximate surface area is 123 Å². The number of nitrogens with zero attached hydrogens (tertiary/aromatic N) is 1. The van der Waals surface area contributed by atoms with Crippen molar-refractivity contribution in [1.82, 2.24) is 0 Å². The normalized spacial score (nSPS) is 11.7. The third-order valence-electron chi connectivity index (χ3n) is 3.03. The fourth-order valence-electron chi connectivity index (χ4n) is 1.88. The zero-order valence-corrected chi connectivity index (χ0v) is 11.9. The zero-order valence-electron chi connectivity index (χ0n) is 11.1. The highest BCUT2D eigenvalue weighted by molar-refractivity contribution is 6.33. The van der Waals surface area contributed by atoms with E-state index in [2.05, 4.69) is 5.32 Å². The van der Waals surface area contributed by atoms with Gasteiger partial charge in [0.25, 0.3) is 0 Å². The van der Waals surface area contributed by atoms with Crippen LogP contribution in [0, 0.1) is 18.3 Å². The Hall–Kier alpha value is -2.02. The molecule has 0 aliphatic carbocycles. The fourth-order valence-corrected chi connectivity index (χ4v) is 2.06. The van der Waals surface area contributed by atoms with Crippen LogP contribution in [0.4, 0.5) is 5.69 Å². The van der Waals surface area contributed by atoms with Gasteiger partial charge >= 0.3 is 0 Å². The number of benzene rings is 2. The Bertz CT molecular complexity index is 632. The molecule has 2 aromatic carbocycles. The third kappa shape index (κ3) is 3.51. The Kier molecular flexibility index (Phi) is 4.62. The van der Waals surface area contributed by atoms with Crippen molar-refractivity contribution in [2.75, 3.05) is 11.9 Å². The molecule has 102 valence electrons. The summed E-state index contributed by atoms with van der Waals surface area (Å²) in [5.74, 6) is 0. The van der Waals surface area contributed by atoms with Crippen molar-refractivity contribution in [2.45, 2.75) is 13.0 Å². The Balaban J connectivity index is 2.02. The van der Waals surface area contributed by atoms with Gasteiger partial charge in [-0.1, -0.05) is 29.8 Å². The maximum atomic E-state index is 10.1. The van der Waals surface area contributed by atoms with Crippen molar-refractivity contribution >= 4 is 17.3 Å². The van der Waals surface area contributed by atoms with E-state index in [0.717, 1.165) is 16.8 Å². The van der Waals surface area contributed by atoms with E-state index in [-0.39, 0.29) is 0 Å². The predicted molar refractivity (Wildman–Crippen MR) is 80.8 cm³/mol. The van der Waals surface area contributed by atoms with Gasteiger partial charge in [-0.2, -0.15) is 5.26 Å². The molecule has 0 amide bonds. The first-order valence-electron chi connectivity index (χ1n) is 6.28. The van der Waals surface area contributed by atoms with Gasteiger partial charge in [0.2, 0.25) is 0 Å². The van der Waals surface area contributed by atoms with Crippen LogP contribution in [0.25, 0.3) is 0 Å². The van der Waals surface area contributed by atoms with E-state index < -0.39 is 6.10 Å². The van der Waals surface area contributed by atoms with Gasteiger partial charge in [-0.25, -0.2) is 0 Å². The topological polar surface area (TPSA) is 56.0 Å². The van der Waals surface area contributed by atoms with Gasteiger partial charge in [0.15, 0.2) is 0 Å². The molecule has 0 aliphatic rings. The van der Waals surface area contributed by atoms with Crippen LogP contribution in [0.2, 0.25) is 5.02 Å². The molecule has 0 aliphatic heterocycles. The third-order valence-corrected chi connectivity index (χ3v) is 3.36. The highest BCUT2D eigenvalue weighted by Gasteiger charge is 2.08. The smallest absolute Gasteiger partial charge is 0.0991 e. The summed E-state index contributed by atoms with van der Waals surface area (Å²) >= 11 is 6.09. The average molecular weight is 287 g/mol. The van der Waals surface area contributed by atoms with Crippen LogP contribution in [0.3, 0.4) is 0 Å². The van der Waals surface area contributed by atoms with Crippen molar-refractivity contribution in [3.63, 3.8) is 0 Å². The van der Waals surface area contributed by atoms with Crippen LogP contribution in [0.15, 0.2) is 42.5 Å². The molecule has 0 spiro atoms. The van der Waals surface area contributed by atoms with Crippen LogP contribution in [0.5, 0.6) is 0 Å². The largest absolute Gasteiger partial charge is 0.387 e. The van der Waals surface area contributed by atoms with Gasteiger partial charge < -0.3 is 10.4 Å². The maximum Gasteiger partial charge on any atom is 0.0991 e. The van der Waals surface area contributed by atoms with Crippen LogP contribution in [-0.2, 0) is 0 Å². The Morgan fingerprint density at radius 1 is 1.25 bits per heavy atom. The Morgan fingerprint density at radius 2 is 1.95 bits per heavy atom. The molecule has 0 radical (unpaired) electrons. The second kappa shape index (κ2) is 6.42. The number of aliphatic hydroxyl groups excluding tert-OH is 1. The number of rotatable bonds is 4. The highest BCUT2D eigenvalue weighted by Crippen LogP contribution is 2.24. The quantitative estimate of drug-likeness (QED) is 0.902. The second-order valence-electron chi connectivity index (χ2n) is 4.61. The number of nitriles is 1. The summed E-state index contributed by atoms with van der Waals surface area (Å²) < 4.78 is 0. The lowest BCUT2D eigenvalue weighted by Crippen LogP contribution is -2.12. The van der Waals surface area contributed by atoms with E-state index in [1.165, 1.54) is 0 Å². The maximum absolute atomic E-state index is 10.1.